The van der Waals surface area contributed by atoms with Crippen molar-refractivity contribution in [1.29, 1.82) is 0 Å². The van der Waals surface area contributed by atoms with Crippen LogP contribution in [-0.4, -0.2) is 53.4 Å². The molecule has 1 aromatic carbocycles. The lowest BCUT2D eigenvalue weighted by atomic mass is 9.74. The summed E-state index contributed by atoms with van der Waals surface area (Å²) in [5, 5.41) is 20.2. The number of ether oxygens (including phenoxy) is 1. The molecule has 2 atom stereocenters. The van der Waals surface area contributed by atoms with Crippen molar-refractivity contribution in [1.82, 2.24) is 4.90 Å². The van der Waals surface area contributed by atoms with Crippen molar-refractivity contribution in [3.05, 3.63) is 29.3 Å². The summed E-state index contributed by atoms with van der Waals surface area (Å²) in [6, 6.07) is 5.58. The van der Waals surface area contributed by atoms with Crippen molar-refractivity contribution in [3.63, 3.8) is 0 Å². The molecule has 1 fully saturated rings. The van der Waals surface area contributed by atoms with Gasteiger partial charge in [-0.25, -0.2) is 0 Å². The van der Waals surface area contributed by atoms with E-state index in [9.17, 15) is 15.0 Å². The smallest absolute Gasteiger partial charge is 0.253 e. The Balaban J connectivity index is 1.79. The van der Waals surface area contributed by atoms with Crippen LogP contribution < -0.4 is 4.74 Å². The first-order chi connectivity index (χ1) is 11.1. The van der Waals surface area contributed by atoms with Crippen LogP contribution in [0.1, 0.15) is 42.1 Å². The lowest BCUT2D eigenvalue weighted by molar-refractivity contribution is -0.0720. The molecule has 2 heterocycles. The van der Waals surface area contributed by atoms with Crippen molar-refractivity contribution in [2.45, 2.75) is 38.7 Å². The van der Waals surface area contributed by atoms with Crippen molar-refractivity contribution < 1.29 is 19.7 Å². The number of hydrogen-bond acceptors (Lipinski definition) is 4. The highest BCUT2D eigenvalue weighted by Gasteiger charge is 2.43. The maximum atomic E-state index is 12.8. The molecule has 0 bridgehead atoms. The zero-order valence-corrected chi connectivity index (χ0v) is 13.6. The molecule has 0 saturated carbocycles. The van der Waals surface area contributed by atoms with Crippen LogP contribution in [-0.2, 0) is 6.42 Å². The van der Waals surface area contributed by atoms with Crippen molar-refractivity contribution in [2.75, 3.05) is 26.3 Å². The van der Waals surface area contributed by atoms with Crippen LogP contribution in [0.15, 0.2) is 18.2 Å². The predicted octanol–water partition coefficient (Wildman–Crippen LogP) is 1.61. The van der Waals surface area contributed by atoms with Gasteiger partial charge in [-0.05, 0) is 36.6 Å². The van der Waals surface area contributed by atoms with Gasteiger partial charge in [0.25, 0.3) is 5.91 Å². The van der Waals surface area contributed by atoms with Crippen LogP contribution in [0.2, 0.25) is 0 Å². The molecular weight excluding hydrogens is 294 g/mol. The van der Waals surface area contributed by atoms with Crippen LogP contribution in [0.25, 0.3) is 0 Å². The fourth-order valence-electron chi connectivity index (χ4n) is 3.80. The largest absolute Gasteiger partial charge is 0.493 e. The number of hydrogen-bond donors (Lipinski definition) is 2. The topological polar surface area (TPSA) is 70.0 Å². The van der Waals surface area contributed by atoms with Crippen LogP contribution >= 0.6 is 0 Å². The Kier molecular flexibility index (Phi) is 4.60. The number of fused-ring (bicyclic) bond motifs is 1. The van der Waals surface area contributed by atoms with Crippen molar-refractivity contribution >= 4 is 5.91 Å². The summed E-state index contributed by atoms with van der Waals surface area (Å²) in [6.07, 6.45) is 2.39. The number of aliphatic hydroxyl groups excluding tert-OH is 2. The first kappa shape index (κ1) is 16.3. The molecule has 2 aliphatic heterocycles. The molecule has 0 spiro atoms. The number of nitrogens with zero attached hydrogens (tertiary/aromatic N) is 1. The Hall–Kier alpha value is -1.59. The Morgan fingerprint density at radius 1 is 1.48 bits per heavy atom. The fraction of sp³-hybridized carbons (Fsp3) is 0.611. The first-order valence-electron chi connectivity index (χ1n) is 8.43. The van der Waals surface area contributed by atoms with Gasteiger partial charge in [-0.15, -0.1) is 0 Å². The second-order valence-electron chi connectivity index (χ2n) is 6.72. The third kappa shape index (κ3) is 2.95. The van der Waals surface area contributed by atoms with E-state index in [0.29, 0.717) is 38.1 Å². The summed E-state index contributed by atoms with van der Waals surface area (Å²) in [6.45, 7) is 3.55. The van der Waals surface area contributed by atoms with Gasteiger partial charge in [0, 0.05) is 30.5 Å². The van der Waals surface area contributed by atoms with Crippen LogP contribution in [0, 0.1) is 5.41 Å². The van der Waals surface area contributed by atoms with Gasteiger partial charge < -0.3 is 19.8 Å². The minimum atomic E-state index is -0.595. The Labute approximate surface area is 136 Å². The molecule has 2 aliphatic rings. The number of piperidine rings is 1. The highest BCUT2D eigenvalue weighted by Crippen LogP contribution is 2.35. The summed E-state index contributed by atoms with van der Waals surface area (Å²) >= 11 is 0. The van der Waals surface area contributed by atoms with Crippen LogP contribution in [0.3, 0.4) is 0 Å². The second-order valence-corrected chi connectivity index (χ2v) is 6.72. The summed E-state index contributed by atoms with van der Waals surface area (Å²) in [5.41, 5.74) is 1.14. The molecule has 0 aliphatic carbocycles. The van der Waals surface area contributed by atoms with Crippen LogP contribution in [0.5, 0.6) is 5.75 Å². The number of rotatable bonds is 4. The van der Waals surface area contributed by atoms with Gasteiger partial charge in [0.2, 0.25) is 0 Å². The maximum absolute atomic E-state index is 12.8. The van der Waals surface area contributed by atoms with E-state index >= 15 is 0 Å². The third-order valence-electron chi connectivity index (χ3n) is 5.17. The minimum Gasteiger partial charge on any atom is -0.493 e. The van der Waals surface area contributed by atoms with Gasteiger partial charge in [0.1, 0.15) is 5.75 Å². The van der Waals surface area contributed by atoms with Gasteiger partial charge in [0.05, 0.1) is 19.3 Å². The molecule has 1 saturated heterocycles. The normalized spacial score (nSPS) is 26.7. The Bertz CT molecular complexity index is 588. The number of benzene rings is 1. The van der Waals surface area contributed by atoms with Crippen molar-refractivity contribution in [2.24, 2.45) is 5.41 Å². The van der Waals surface area contributed by atoms with E-state index in [1.54, 1.807) is 11.0 Å². The molecule has 2 N–H and O–H groups in total. The molecule has 5 heteroatoms. The molecule has 0 aromatic heterocycles. The number of aliphatic hydroxyl groups is 2. The average Bonchev–Trinajstić information content (AvgIpc) is 3.04. The zero-order valence-electron chi connectivity index (χ0n) is 13.6. The lowest BCUT2D eigenvalue weighted by Crippen LogP contribution is -2.55. The van der Waals surface area contributed by atoms with E-state index < -0.39 is 11.5 Å². The number of amides is 1. The predicted molar refractivity (Wildman–Crippen MR) is 86.6 cm³/mol. The van der Waals surface area contributed by atoms with Gasteiger partial charge in [0.15, 0.2) is 0 Å². The number of carbonyl (C=O) groups is 1. The fourth-order valence-corrected chi connectivity index (χ4v) is 3.80. The summed E-state index contributed by atoms with van der Waals surface area (Å²) in [5.74, 6) is 0.840. The molecule has 23 heavy (non-hydrogen) atoms. The monoisotopic (exact) mass is 319 g/mol. The number of likely N-dealkylation sites (tertiary alicyclic amines) is 1. The molecular formula is C18H25NO4. The molecule has 1 aromatic rings. The molecule has 0 radical (unpaired) electrons. The Morgan fingerprint density at radius 2 is 2.30 bits per heavy atom. The van der Waals surface area contributed by atoms with Crippen molar-refractivity contribution in [3.8, 4) is 5.75 Å². The SMILES string of the molecule is CCC[C@@]1(CO)CN(C(=O)c2ccc3c(c2)CCO3)CC[C@H]1O. The van der Waals surface area contributed by atoms with E-state index in [1.165, 1.54) is 0 Å². The van der Waals surface area contributed by atoms with E-state index in [0.717, 1.165) is 24.2 Å². The van der Waals surface area contributed by atoms with Gasteiger partial charge in [-0.2, -0.15) is 0 Å². The molecule has 126 valence electrons. The highest BCUT2D eigenvalue weighted by molar-refractivity contribution is 5.94. The summed E-state index contributed by atoms with van der Waals surface area (Å²) in [7, 11) is 0. The number of carbonyl (C=O) groups excluding carboxylic acids is 1. The van der Waals surface area contributed by atoms with E-state index in [2.05, 4.69) is 0 Å². The highest BCUT2D eigenvalue weighted by atomic mass is 16.5. The third-order valence-corrected chi connectivity index (χ3v) is 5.17. The first-order valence-corrected chi connectivity index (χ1v) is 8.43. The van der Waals surface area contributed by atoms with Gasteiger partial charge in [-0.1, -0.05) is 13.3 Å². The lowest BCUT2D eigenvalue weighted by Gasteiger charge is -2.45. The quantitative estimate of drug-likeness (QED) is 0.884. The van der Waals surface area contributed by atoms with E-state index in [1.807, 2.05) is 19.1 Å². The molecule has 0 unspecified atom stereocenters. The maximum Gasteiger partial charge on any atom is 0.253 e. The summed E-state index contributed by atoms with van der Waals surface area (Å²) < 4.78 is 5.48. The Morgan fingerprint density at radius 3 is 3.04 bits per heavy atom. The standard InChI is InChI=1S/C18H25NO4/c1-2-7-18(12-20)11-19(8-5-16(18)21)17(22)14-3-4-15-13(10-14)6-9-23-15/h3-4,10,16,20-21H,2,5-9,11-12H2,1H3/t16-,18+/m1/s1. The molecule has 5 nitrogen and oxygen atoms in total. The van der Waals surface area contributed by atoms with Gasteiger partial charge in [-0.3, -0.25) is 4.79 Å². The minimum absolute atomic E-state index is 0.0273. The van der Waals surface area contributed by atoms with E-state index in [-0.39, 0.29) is 12.5 Å². The summed E-state index contributed by atoms with van der Waals surface area (Å²) in [4.78, 5) is 14.6. The second kappa shape index (κ2) is 6.49. The van der Waals surface area contributed by atoms with Gasteiger partial charge >= 0.3 is 0 Å². The molecule has 3 rings (SSSR count). The average molecular weight is 319 g/mol. The zero-order chi connectivity index (χ0) is 16.4. The van der Waals surface area contributed by atoms with Crippen LogP contribution in [0.4, 0.5) is 0 Å². The molecule has 1 amide bonds. The van der Waals surface area contributed by atoms with E-state index in [4.69, 9.17) is 4.74 Å².